The predicted molar refractivity (Wildman–Crippen MR) is 64.0 cm³/mol. The monoisotopic (exact) mass is 258 g/mol. The number of likely N-dealkylation sites (tertiary alicyclic amines) is 1. The van der Waals surface area contributed by atoms with Crippen molar-refractivity contribution < 1.29 is 13.2 Å². The van der Waals surface area contributed by atoms with Crippen LogP contribution in [0.3, 0.4) is 0 Å². The molecule has 0 aliphatic carbocycles. The first-order valence-electron chi connectivity index (χ1n) is 5.96. The quantitative estimate of drug-likeness (QED) is 0.839. The number of rotatable bonds is 1. The fourth-order valence-electron chi connectivity index (χ4n) is 2.53. The van der Waals surface area contributed by atoms with E-state index in [1.165, 1.54) is 12.1 Å². The van der Waals surface area contributed by atoms with E-state index in [2.05, 4.69) is 4.90 Å². The average molecular weight is 258 g/mol. The van der Waals surface area contributed by atoms with Gasteiger partial charge in [0, 0.05) is 6.54 Å². The fourth-order valence-corrected chi connectivity index (χ4v) is 2.53. The highest BCUT2D eigenvalue weighted by Crippen LogP contribution is 2.33. The number of benzene rings is 1. The van der Waals surface area contributed by atoms with E-state index in [9.17, 15) is 13.2 Å². The molecule has 1 aliphatic heterocycles. The lowest BCUT2D eigenvalue weighted by molar-refractivity contribution is -0.137. The lowest BCUT2D eigenvalue weighted by Gasteiger charge is -2.39. The summed E-state index contributed by atoms with van der Waals surface area (Å²) in [5, 5.41) is 0. The topological polar surface area (TPSA) is 29.3 Å². The molecule has 1 heterocycles. The summed E-state index contributed by atoms with van der Waals surface area (Å²) in [4.78, 5) is 2.11. The molecule has 1 saturated heterocycles. The molecule has 0 aromatic heterocycles. The van der Waals surface area contributed by atoms with Gasteiger partial charge in [0.1, 0.15) is 0 Å². The van der Waals surface area contributed by atoms with Gasteiger partial charge in [-0.15, -0.1) is 0 Å². The Morgan fingerprint density at radius 3 is 2.33 bits per heavy atom. The summed E-state index contributed by atoms with van der Waals surface area (Å²) >= 11 is 0. The van der Waals surface area contributed by atoms with Crippen molar-refractivity contribution in [1.82, 2.24) is 4.90 Å². The van der Waals surface area contributed by atoms with Crippen LogP contribution in [0.2, 0.25) is 0 Å². The molecule has 2 rings (SSSR count). The van der Waals surface area contributed by atoms with Crippen molar-refractivity contribution in [1.29, 1.82) is 0 Å². The molecule has 0 radical (unpaired) electrons. The molecule has 18 heavy (non-hydrogen) atoms. The van der Waals surface area contributed by atoms with Gasteiger partial charge in [-0.3, -0.25) is 0 Å². The number of nitrogens with zero attached hydrogens (tertiary/aromatic N) is 1. The van der Waals surface area contributed by atoms with E-state index in [1.54, 1.807) is 0 Å². The van der Waals surface area contributed by atoms with Gasteiger partial charge in [-0.25, -0.2) is 0 Å². The summed E-state index contributed by atoms with van der Waals surface area (Å²) in [6.45, 7) is 1.66. The first-order valence-corrected chi connectivity index (χ1v) is 5.96. The maximum Gasteiger partial charge on any atom is 0.416 e. The highest BCUT2D eigenvalue weighted by Gasteiger charge is 2.34. The van der Waals surface area contributed by atoms with Gasteiger partial charge in [-0.05, 0) is 44.1 Å². The van der Waals surface area contributed by atoms with Crippen LogP contribution < -0.4 is 5.73 Å². The molecule has 2 nitrogen and oxygen atoms in total. The van der Waals surface area contributed by atoms with Crippen LogP contribution in [0.1, 0.15) is 24.0 Å². The van der Waals surface area contributed by atoms with Gasteiger partial charge in [-0.2, -0.15) is 13.2 Å². The van der Waals surface area contributed by atoms with Crippen molar-refractivity contribution in [3.05, 3.63) is 35.4 Å². The Bertz CT molecular complexity index is 413. The third-order valence-corrected chi connectivity index (χ3v) is 3.50. The maximum atomic E-state index is 12.5. The number of nitrogens with two attached hydrogens (primary N) is 1. The van der Waals surface area contributed by atoms with E-state index in [1.807, 2.05) is 7.05 Å². The summed E-state index contributed by atoms with van der Waals surface area (Å²) in [6, 6.07) is 5.22. The van der Waals surface area contributed by atoms with Gasteiger partial charge in [-0.1, -0.05) is 12.1 Å². The number of hydrogen-bond acceptors (Lipinski definition) is 2. The van der Waals surface area contributed by atoms with Crippen LogP contribution in [0.15, 0.2) is 24.3 Å². The van der Waals surface area contributed by atoms with Crippen molar-refractivity contribution in [2.75, 3.05) is 20.1 Å². The largest absolute Gasteiger partial charge is 0.416 e. The lowest BCUT2D eigenvalue weighted by atomic mass is 9.83. The molecule has 1 fully saturated rings. The second-order valence-electron chi connectivity index (χ2n) is 5.07. The number of piperidine rings is 1. The van der Waals surface area contributed by atoms with Crippen molar-refractivity contribution in [2.24, 2.45) is 5.73 Å². The summed E-state index contributed by atoms with van der Waals surface area (Å²) in [5.41, 5.74) is 5.93. The smallest absolute Gasteiger partial charge is 0.320 e. The molecule has 0 amide bonds. The molecule has 0 spiro atoms. The molecule has 1 aliphatic rings. The molecule has 1 aromatic carbocycles. The summed E-state index contributed by atoms with van der Waals surface area (Å²) < 4.78 is 37.4. The van der Waals surface area contributed by atoms with Crippen LogP contribution in [0.5, 0.6) is 0 Å². The molecule has 1 aromatic rings. The number of halogens is 3. The molecule has 0 saturated carbocycles. The van der Waals surface area contributed by atoms with Crippen LogP contribution in [0.4, 0.5) is 13.2 Å². The molecular weight excluding hydrogens is 241 g/mol. The highest BCUT2D eigenvalue weighted by molar-refractivity contribution is 5.30. The zero-order valence-electron chi connectivity index (χ0n) is 10.3. The molecule has 100 valence electrons. The van der Waals surface area contributed by atoms with E-state index >= 15 is 0 Å². The minimum absolute atomic E-state index is 0.531. The lowest BCUT2D eigenvalue weighted by Crippen LogP contribution is -2.50. The van der Waals surface area contributed by atoms with Crippen molar-refractivity contribution in [3.63, 3.8) is 0 Å². The second-order valence-corrected chi connectivity index (χ2v) is 5.07. The Hall–Kier alpha value is -1.07. The second kappa shape index (κ2) is 4.55. The summed E-state index contributed by atoms with van der Waals surface area (Å²) in [6.07, 6.45) is -2.51. The third kappa shape index (κ3) is 2.67. The average Bonchev–Trinajstić information content (AvgIpc) is 2.28. The highest BCUT2D eigenvalue weighted by atomic mass is 19.4. The first-order chi connectivity index (χ1) is 8.31. The van der Waals surface area contributed by atoms with Crippen LogP contribution >= 0.6 is 0 Å². The zero-order valence-corrected chi connectivity index (χ0v) is 10.3. The Morgan fingerprint density at radius 2 is 1.83 bits per heavy atom. The Balaban J connectivity index is 2.23. The first kappa shape index (κ1) is 13.4. The number of likely N-dealkylation sites (N-methyl/N-ethyl adjacent to an activating group) is 1. The normalized spacial score (nSPS) is 26.3. The Morgan fingerprint density at radius 1 is 1.22 bits per heavy atom. The van der Waals surface area contributed by atoms with Gasteiger partial charge in [0.05, 0.1) is 11.1 Å². The Labute approximate surface area is 105 Å². The van der Waals surface area contributed by atoms with Gasteiger partial charge < -0.3 is 10.6 Å². The van der Waals surface area contributed by atoms with Crippen molar-refractivity contribution in [3.8, 4) is 0 Å². The zero-order chi connectivity index (χ0) is 13.4. The number of alkyl halides is 3. The molecule has 1 atom stereocenters. The van der Waals surface area contributed by atoms with Crippen LogP contribution in [-0.2, 0) is 11.7 Å². The maximum absolute atomic E-state index is 12.5. The van der Waals surface area contributed by atoms with Gasteiger partial charge in [0.15, 0.2) is 0 Å². The minimum atomic E-state index is -4.29. The Kier molecular flexibility index (Phi) is 3.38. The predicted octanol–water partition coefficient (Wildman–Crippen LogP) is 2.59. The molecule has 0 bridgehead atoms. The van der Waals surface area contributed by atoms with E-state index in [-0.39, 0.29) is 0 Å². The van der Waals surface area contributed by atoms with Gasteiger partial charge in [0.2, 0.25) is 0 Å². The van der Waals surface area contributed by atoms with Crippen LogP contribution in [0.25, 0.3) is 0 Å². The van der Waals surface area contributed by atoms with Crippen molar-refractivity contribution in [2.45, 2.75) is 24.6 Å². The van der Waals surface area contributed by atoms with E-state index in [4.69, 9.17) is 5.73 Å². The van der Waals surface area contributed by atoms with E-state index < -0.39 is 17.3 Å². The minimum Gasteiger partial charge on any atom is -0.320 e. The number of hydrogen-bond donors (Lipinski definition) is 1. The van der Waals surface area contributed by atoms with Crippen LogP contribution in [-0.4, -0.2) is 25.0 Å². The SMILES string of the molecule is CN1CCCC(N)(c2ccc(C(F)(F)F)cc2)C1. The fraction of sp³-hybridized carbons (Fsp3) is 0.538. The molecule has 2 N–H and O–H groups in total. The van der Waals surface area contributed by atoms with E-state index in [0.717, 1.165) is 37.1 Å². The van der Waals surface area contributed by atoms with Crippen molar-refractivity contribution >= 4 is 0 Å². The van der Waals surface area contributed by atoms with Gasteiger partial charge >= 0.3 is 6.18 Å². The summed E-state index contributed by atoms with van der Waals surface area (Å²) in [7, 11) is 1.98. The van der Waals surface area contributed by atoms with Crippen LogP contribution in [0, 0.1) is 0 Å². The molecule has 1 unspecified atom stereocenters. The summed E-state index contributed by atoms with van der Waals surface area (Å²) in [5.74, 6) is 0. The standard InChI is InChI=1S/C13H17F3N2/c1-18-8-2-7-12(17,9-18)10-3-5-11(6-4-10)13(14,15)16/h3-6H,2,7-9,17H2,1H3. The van der Waals surface area contributed by atoms with E-state index in [0.29, 0.717) is 6.54 Å². The molecule has 5 heteroatoms. The molecular formula is C13H17F3N2. The third-order valence-electron chi connectivity index (χ3n) is 3.50. The van der Waals surface area contributed by atoms with Gasteiger partial charge in [0.25, 0.3) is 0 Å².